The fraction of sp³-hybridized carbons (Fsp3) is 0.179. The van der Waals surface area contributed by atoms with E-state index in [1.807, 2.05) is 55.5 Å². The summed E-state index contributed by atoms with van der Waals surface area (Å²) in [5.41, 5.74) is 3.16. The summed E-state index contributed by atoms with van der Waals surface area (Å²) < 4.78 is 30.2. The molecule has 0 aliphatic rings. The predicted molar refractivity (Wildman–Crippen MR) is 133 cm³/mol. The number of hydrogen-bond acceptors (Lipinski definition) is 8. The molecule has 0 saturated heterocycles. The second kappa shape index (κ2) is 10.7. The summed E-state index contributed by atoms with van der Waals surface area (Å²) in [6.07, 6.45) is 1.79. The van der Waals surface area contributed by atoms with Crippen molar-refractivity contribution in [1.82, 2.24) is 14.8 Å². The van der Waals surface area contributed by atoms with Gasteiger partial charge in [-0.25, -0.2) is 9.67 Å². The van der Waals surface area contributed by atoms with Crippen molar-refractivity contribution in [3.63, 3.8) is 0 Å². The van der Waals surface area contributed by atoms with Crippen LogP contribution in [0.5, 0.6) is 17.4 Å². The van der Waals surface area contributed by atoms with Gasteiger partial charge >= 0.3 is 0 Å². The molecule has 0 aliphatic carbocycles. The molecule has 9 nitrogen and oxygen atoms in total. The Hall–Kier alpha value is -4.97. The molecular formula is C28H24N4O5. The van der Waals surface area contributed by atoms with E-state index in [1.165, 1.54) is 0 Å². The first kappa shape index (κ1) is 23.8. The lowest BCUT2D eigenvalue weighted by atomic mass is 10.2. The molecule has 0 bridgehead atoms. The van der Waals surface area contributed by atoms with Gasteiger partial charge in [0.25, 0.3) is 5.89 Å². The minimum absolute atomic E-state index is 0.209. The molecule has 0 spiro atoms. The number of rotatable bonds is 10. The molecule has 0 saturated carbocycles. The predicted octanol–water partition coefficient (Wildman–Crippen LogP) is 5.66. The molecule has 0 atom stereocenters. The van der Waals surface area contributed by atoms with Crippen LogP contribution >= 0.6 is 0 Å². The Balaban J connectivity index is 1.26. The molecule has 0 fully saturated rings. The number of oxazole rings is 1. The van der Waals surface area contributed by atoms with Gasteiger partial charge in [-0.2, -0.15) is 5.26 Å². The molecule has 0 unspecified atom stereocenters. The third-order valence-electron chi connectivity index (χ3n) is 5.63. The van der Waals surface area contributed by atoms with Crippen LogP contribution in [0.3, 0.4) is 0 Å². The van der Waals surface area contributed by atoms with Crippen LogP contribution < -0.4 is 14.2 Å². The third kappa shape index (κ3) is 5.33. The maximum Gasteiger partial charge on any atom is 0.263 e. The van der Waals surface area contributed by atoms with Crippen LogP contribution in [-0.4, -0.2) is 21.9 Å². The van der Waals surface area contributed by atoms with Crippen molar-refractivity contribution >= 4 is 0 Å². The highest BCUT2D eigenvalue weighted by Crippen LogP contribution is 2.30. The lowest BCUT2D eigenvalue weighted by Crippen LogP contribution is -2.02. The smallest absolute Gasteiger partial charge is 0.263 e. The number of hydrogen-bond donors (Lipinski definition) is 0. The maximum atomic E-state index is 9.20. The minimum Gasteiger partial charge on any atom is -0.493 e. The first-order valence-electron chi connectivity index (χ1n) is 11.6. The molecule has 37 heavy (non-hydrogen) atoms. The van der Waals surface area contributed by atoms with Crippen molar-refractivity contribution in [2.45, 2.75) is 26.6 Å². The second-order valence-corrected chi connectivity index (χ2v) is 8.12. The van der Waals surface area contributed by atoms with E-state index in [1.54, 1.807) is 36.3 Å². The summed E-state index contributed by atoms with van der Waals surface area (Å²) in [6.45, 7) is 2.31. The topological polar surface area (TPSA) is 108 Å². The number of aryl methyl sites for hydroxylation is 1. The van der Waals surface area contributed by atoms with Gasteiger partial charge in [0.2, 0.25) is 5.88 Å². The van der Waals surface area contributed by atoms with E-state index in [9.17, 15) is 5.26 Å². The van der Waals surface area contributed by atoms with Crippen molar-refractivity contribution in [2.75, 3.05) is 7.11 Å². The monoisotopic (exact) mass is 496 g/mol. The quantitative estimate of drug-likeness (QED) is 0.244. The minimum atomic E-state index is 0.209. The first-order valence-corrected chi connectivity index (χ1v) is 11.6. The van der Waals surface area contributed by atoms with Crippen LogP contribution in [0.1, 0.15) is 22.7 Å². The van der Waals surface area contributed by atoms with E-state index in [2.05, 4.69) is 16.2 Å². The third-order valence-corrected chi connectivity index (χ3v) is 5.63. The van der Waals surface area contributed by atoms with E-state index < -0.39 is 0 Å². The van der Waals surface area contributed by atoms with Gasteiger partial charge in [-0.15, -0.1) is 5.10 Å². The van der Waals surface area contributed by atoms with E-state index in [0.29, 0.717) is 40.5 Å². The molecule has 0 N–H and O–H groups in total. The zero-order chi connectivity index (χ0) is 25.6. The summed E-state index contributed by atoms with van der Waals surface area (Å²) in [4.78, 5) is 4.47. The Labute approximate surface area is 213 Å². The maximum absolute atomic E-state index is 9.20. The summed E-state index contributed by atoms with van der Waals surface area (Å²) in [7, 11) is 1.58. The van der Waals surface area contributed by atoms with Crippen LogP contribution in [0.15, 0.2) is 81.8 Å². The summed E-state index contributed by atoms with van der Waals surface area (Å²) >= 11 is 0. The number of ether oxygens (including phenoxy) is 3. The van der Waals surface area contributed by atoms with Crippen LogP contribution in [0.4, 0.5) is 0 Å². The average Bonchev–Trinajstić information content (AvgIpc) is 3.68. The lowest BCUT2D eigenvalue weighted by molar-refractivity contribution is 0.275. The standard InChI is InChI=1S/C28H24N4O5/c1-19-23(30-28(37-19)25-9-6-14-34-25)18-35-24-11-10-20(15-26(24)33-2)17-36-27-16-22(12-13-29)32(31-27)21-7-4-3-5-8-21/h3-11,14-16H,12,17-18H2,1-2H3. The molecule has 5 rings (SSSR count). The highest BCUT2D eigenvalue weighted by atomic mass is 16.5. The normalized spacial score (nSPS) is 10.7. The SMILES string of the molecule is COc1cc(COc2cc(CC#N)n(-c3ccccc3)n2)ccc1OCc1nc(-c2ccco2)oc1C. The molecule has 5 aromatic rings. The van der Waals surface area contributed by atoms with E-state index in [4.69, 9.17) is 23.0 Å². The number of furan rings is 1. The van der Waals surface area contributed by atoms with Crippen molar-refractivity contribution in [3.05, 3.63) is 95.7 Å². The molecule has 0 radical (unpaired) electrons. The summed E-state index contributed by atoms with van der Waals surface area (Å²) in [6, 6.07) is 22.7. The van der Waals surface area contributed by atoms with Gasteiger partial charge in [-0.1, -0.05) is 24.3 Å². The van der Waals surface area contributed by atoms with Gasteiger partial charge in [0, 0.05) is 6.07 Å². The number of benzene rings is 2. The zero-order valence-electron chi connectivity index (χ0n) is 20.4. The highest BCUT2D eigenvalue weighted by molar-refractivity contribution is 5.45. The molecule has 2 aromatic carbocycles. The first-order chi connectivity index (χ1) is 18.1. The fourth-order valence-corrected chi connectivity index (χ4v) is 3.76. The van der Waals surface area contributed by atoms with Crippen LogP contribution in [0.25, 0.3) is 17.3 Å². The van der Waals surface area contributed by atoms with Gasteiger partial charge in [-0.05, 0) is 48.9 Å². The van der Waals surface area contributed by atoms with E-state index >= 15 is 0 Å². The van der Waals surface area contributed by atoms with Crippen LogP contribution in [-0.2, 0) is 19.6 Å². The number of para-hydroxylation sites is 1. The molecule has 0 aliphatic heterocycles. The molecular weight excluding hydrogens is 472 g/mol. The number of aromatic nitrogens is 3. The average molecular weight is 497 g/mol. The lowest BCUT2D eigenvalue weighted by Gasteiger charge is -2.12. The molecule has 3 heterocycles. The van der Waals surface area contributed by atoms with E-state index in [-0.39, 0.29) is 19.6 Å². The van der Waals surface area contributed by atoms with Gasteiger partial charge in [-0.3, -0.25) is 0 Å². The number of methoxy groups -OCH3 is 1. The Bertz CT molecular complexity index is 1510. The Morgan fingerprint density at radius 1 is 0.973 bits per heavy atom. The van der Waals surface area contributed by atoms with Crippen molar-refractivity contribution in [2.24, 2.45) is 0 Å². The summed E-state index contributed by atoms with van der Waals surface area (Å²) in [5, 5.41) is 13.7. The van der Waals surface area contributed by atoms with Crippen molar-refractivity contribution in [3.8, 4) is 40.8 Å². The van der Waals surface area contributed by atoms with Crippen LogP contribution in [0.2, 0.25) is 0 Å². The Kier molecular flexibility index (Phi) is 6.90. The van der Waals surface area contributed by atoms with Gasteiger partial charge in [0.15, 0.2) is 17.3 Å². The Morgan fingerprint density at radius 3 is 2.59 bits per heavy atom. The molecule has 3 aromatic heterocycles. The molecule has 9 heteroatoms. The number of nitriles is 1. The van der Waals surface area contributed by atoms with Gasteiger partial charge < -0.3 is 23.0 Å². The molecule has 0 amide bonds. The second-order valence-electron chi connectivity index (χ2n) is 8.12. The number of nitrogens with zero attached hydrogens (tertiary/aromatic N) is 4. The van der Waals surface area contributed by atoms with Crippen molar-refractivity contribution in [1.29, 1.82) is 5.26 Å². The molecule has 186 valence electrons. The largest absolute Gasteiger partial charge is 0.493 e. The van der Waals surface area contributed by atoms with E-state index in [0.717, 1.165) is 16.9 Å². The summed E-state index contributed by atoms with van der Waals surface area (Å²) in [5.74, 6) is 3.19. The van der Waals surface area contributed by atoms with Crippen LogP contribution in [0, 0.1) is 18.3 Å². The van der Waals surface area contributed by atoms with Crippen molar-refractivity contribution < 1.29 is 23.0 Å². The fourth-order valence-electron chi connectivity index (χ4n) is 3.76. The zero-order valence-corrected chi connectivity index (χ0v) is 20.4. The van der Waals surface area contributed by atoms with Gasteiger partial charge in [0.1, 0.15) is 24.7 Å². The van der Waals surface area contributed by atoms with Gasteiger partial charge in [0.05, 0.1) is 37.2 Å². The Morgan fingerprint density at radius 2 is 1.84 bits per heavy atom. The highest BCUT2D eigenvalue weighted by Gasteiger charge is 2.16.